The molecule has 5 nitrogen and oxygen atoms in total. The fourth-order valence-corrected chi connectivity index (χ4v) is 4.48. The summed E-state index contributed by atoms with van der Waals surface area (Å²) in [6.45, 7) is 11.9. The van der Waals surface area contributed by atoms with Crippen LogP contribution in [0.1, 0.15) is 37.9 Å². The molecular formula is C28H36N4O. The normalized spacial score (nSPS) is 16.1. The third-order valence-electron chi connectivity index (χ3n) is 6.41. The first-order valence-corrected chi connectivity index (χ1v) is 12.0. The van der Waals surface area contributed by atoms with E-state index in [1.165, 1.54) is 11.1 Å². The van der Waals surface area contributed by atoms with Crippen LogP contribution in [0.3, 0.4) is 0 Å². The van der Waals surface area contributed by atoms with Crippen LogP contribution >= 0.6 is 0 Å². The molecule has 1 fully saturated rings. The molecule has 0 aliphatic carbocycles. The lowest BCUT2D eigenvalue weighted by atomic mass is 10.0. The van der Waals surface area contributed by atoms with Gasteiger partial charge in [-0.15, -0.1) is 0 Å². The van der Waals surface area contributed by atoms with Crippen molar-refractivity contribution in [3.63, 3.8) is 0 Å². The van der Waals surface area contributed by atoms with E-state index in [1.54, 1.807) is 0 Å². The minimum atomic E-state index is 0.0866. The van der Waals surface area contributed by atoms with E-state index in [0.29, 0.717) is 11.9 Å². The zero-order chi connectivity index (χ0) is 23.2. The highest BCUT2D eigenvalue weighted by atomic mass is 16.5. The number of hydrogen-bond acceptors (Lipinski definition) is 5. The lowest BCUT2D eigenvalue weighted by Gasteiger charge is -2.38. The Hall–Kier alpha value is -2.89. The molecule has 1 aromatic heterocycles. The number of anilines is 1. The van der Waals surface area contributed by atoms with E-state index in [-0.39, 0.29) is 6.10 Å². The largest absolute Gasteiger partial charge is 0.490 e. The number of piperazine rings is 1. The third-order valence-corrected chi connectivity index (χ3v) is 6.41. The summed E-state index contributed by atoms with van der Waals surface area (Å²) in [5.74, 6) is 1.39. The molecule has 5 heteroatoms. The molecule has 174 valence electrons. The van der Waals surface area contributed by atoms with Crippen LogP contribution in [-0.2, 0) is 6.42 Å². The molecule has 2 N–H and O–H groups in total. The molecule has 1 unspecified atom stereocenters. The summed E-state index contributed by atoms with van der Waals surface area (Å²) >= 11 is 0. The quantitative estimate of drug-likeness (QED) is 0.528. The molecule has 3 aromatic rings. The second-order valence-corrected chi connectivity index (χ2v) is 9.16. The first-order chi connectivity index (χ1) is 16.0. The minimum absolute atomic E-state index is 0.0866. The molecule has 0 amide bonds. The molecule has 0 radical (unpaired) electrons. The highest BCUT2D eigenvalue weighted by molar-refractivity contribution is 5.69. The van der Waals surface area contributed by atoms with Gasteiger partial charge in [0.2, 0.25) is 0 Å². The first kappa shape index (κ1) is 23.3. The van der Waals surface area contributed by atoms with Gasteiger partial charge in [-0.25, -0.2) is 4.98 Å². The molecule has 1 aliphatic rings. The van der Waals surface area contributed by atoms with Gasteiger partial charge in [0.05, 0.1) is 11.8 Å². The number of nitrogens with zero attached hydrogens (tertiary/aromatic N) is 3. The number of nitrogens with two attached hydrogens (primary N) is 1. The average molecular weight is 445 g/mol. The predicted octanol–water partition coefficient (Wildman–Crippen LogP) is 5.04. The van der Waals surface area contributed by atoms with Crippen LogP contribution in [0.15, 0.2) is 66.7 Å². The van der Waals surface area contributed by atoms with Gasteiger partial charge < -0.3 is 15.4 Å². The van der Waals surface area contributed by atoms with Crippen molar-refractivity contribution in [3.8, 4) is 17.0 Å². The van der Waals surface area contributed by atoms with Crippen LogP contribution in [0, 0.1) is 0 Å². The molecule has 33 heavy (non-hydrogen) atoms. The van der Waals surface area contributed by atoms with Gasteiger partial charge in [0.15, 0.2) is 0 Å². The molecule has 2 heterocycles. The molecule has 0 saturated carbocycles. The topological polar surface area (TPSA) is 54.6 Å². The number of ether oxygens (including phenoxy) is 1. The second kappa shape index (κ2) is 10.8. The van der Waals surface area contributed by atoms with Gasteiger partial charge in [0.25, 0.3) is 0 Å². The standard InChI is InChI=1S/C28H36N4O/c1-21(2)33-27-20-24(12-13-25(27)26-10-7-11-28(29)30-26)22(3)32-18-16-31(17-19-32)15-14-23-8-5-4-6-9-23/h4-13,20-22H,14-19H2,1-3H3,(H2,29,30). The molecule has 1 atom stereocenters. The van der Waals surface area contributed by atoms with E-state index < -0.39 is 0 Å². The Morgan fingerprint density at radius 2 is 1.67 bits per heavy atom. The summed E-state index contributed by atoms with van der Waals surface area (Å²) < 4.78 is 6.20. The Morgan fingerprint density at radius 1 is 0.909 bits per heavy atom. The van der Waals surface area contributed by atoms with Crippen molar-refractivity contribution in [2.45, 2.75) is 39.3 Å². The lowest BCUT2D eigenvalue weighted by molar-refractivity contribution is 0.103. The van der Waals surface area contributed by atoms with Crippen LogP contribution in [-0.4, -0.2) is 53.6 Å². The number of pyridine rings is 1. The van der Waals surface area contributed by atoms with Crippen LogP contribution in [0.4, 0.5) is 5.82 Å². The Bertz CT molecular complexity index is 1030. The summed E-state index contributed by atoms with van der Waals surface area (Å²) in [7, 11) is 0. The van der Waals surface area contributed by atoms with Crippen molar-refractivity contribution < 1.29 is 4.74 Å². The summed E-state index contributed by atoms with van der Waals surface area (Å²) in [6.07, 6.45) is 1.20. The molecule has 4 rings (SSSR count). The number of nitrogen functional groups attached to an aromatic ring is 1. The smallest absolute Gasteiger partial charge is 0.129 e. The molecule has 1 aliphatic heterocycles. The lowest BCUT2D eigenvalue weighted by Crippen LogP contribution is -2.47. The fraction of sp³-hybridized carbons (Fsp3) is 0.393. The van der Waals surface area contributed by atoms with Crippen molar-refractivity contribution >= 4 is 5.82 Å². The Morgan fingerprint density at radius 3 is 2.36 bits per heavy atom. The molecule has 0 bridgehead atoms. The zero-order valence-corrected chi connectivity index (χ0v) is 20.1. The highest BCUT2D eigenvalue weighted by Crippen LogP contribution is 2.34. The summed E-state index contributed by atoms with van der Waals surface area (Å²) in [4.78, 5) is 9.66. The minimum Gasteiger partial charge on any atom is -0.490 e. The van der Waals surface area contributed by atoms with Gasteiger partial charge in [-0.2, -0.15) is 0 Å². The van der Waals surface area contributed by atoms with E-state index >= 15 is 0 Å². The Labute approximate surface area is 198 Å². The maximum atomic E-state index is 6.20. The van der Waals surface area contributed by atoms with Gasteiger partial charge in [-0.05, 0) is 62.6 Å². The second-order valence-electron chi connectivity index (χ2n) is 9.16. The van der Waals surface area contributed by atoms with Gasteiger partial charge in [0.1, 0.15) is 11.6 Å². The summed E-state index contributed by atoms with van der Waals surface area (Å²) in [5.41, 5.74) is 10.4. The number of benzene rings is 2. The monoisotopic (exact) mass is 444 g/mol. The maximum Gasteiger partial charge on any atom is 0.129 e. The maximum absolute atomic E-state index is 6.20. The van der Waals surface area contributed by atoms with E-state index in [4.69, 9.17) is 10.5 Å². The van der Waals surface area contributed by atoms with Crippen molar-refractivity contribution in [2.75, 3.05) is 38.5 Å². The zero-order valence-electron chi connectivity index (χ0n) is 20.1. The van der Waals surface area contributed by atoms with Crippen molar-refractivity contribution in [2.24, 2.45) is 0 Å². The van der Waals surface area contributed by atoms with Crippen LogP contribution in [0.25, 0.3) is 11.3 Å². The van der Waals surface area contributed by atoms with Crippen molar-refractivity contribution in [3.05, 3.63) is 77.9 Å². The van der Waals surface area contributed by atoms with Gasteiger partial charge >= 0.3 is 0 Å². The predicted molar refractivity (Wildman–Crippen MR) is 136 cm³/mol. The van der Waals surface area contributed by atoms with E-state index in [1.807, 2.05) is 18.2 Å². The van der Waals surface area contributed by atoms with Crippen molar-refractivity contribution in [1.29, 1.82) is 0 Å². The SMILES string of the molecule is CC(C)Oc1cc(C(C)N2CCN(CCc3ccccc3)CC2)ccc1-c1cccc(N)n1. The van der Waals surface area contributed by atoms with Crippen LogP contribution in [0.2, 0.25) is 0 Å². The fourth-order valence-electron chi connectivity index (χ4n) is 4.48. The Kier molecular flexibility index (Phi) is 7.63. The van der Waals surface area contributed by atoms with Crippen molar-refractivity contribution in [1.82, 2.24) is 14.8 Å². The van der Waals surface area contributed by atoms with E-state index in [9.17, 15) is 0 Å². The van der Waals surface area contributed by atoms with Gasteiger partial charge in [-0.1, -0.05) is 42.5 Å². The molecule has 0 spiro atoms. The van der Waals surface area contributed by atoms with E-state index in [0.717, 1.165) is 56.2 Å². The third kappa shape index (κ3) is 6.12. The molecule has 2 aromatic carbocycles. The van der Waals surface area contributed by atoms with Crippen LogP contribution in [0.5, 0.6) is 5.75 Å². The number of aromatic nitrogens is 1. The highest BCUT2D eigenvalue weighted by Gasteiger charge is 2.23. The van der Waals surface area contributed by atoms with Gasteiger partial charge in [-0.3, -0.25) is 4.90 Å². The number of hydrogen-bond donors (Lipinski definition) is 1. The van der Waals surface area contributed by atoms with Crippen LogP contribution < -0.4 is 10.5 Å². The Balaban J connectivity index is 1.42. The van der Waals surface area contributed by atoms with E-state index in [2.05, 4.69) is 84.1 Å². The molecule has 1 saturated heterocycles. The summed E-state index contributed by atoms with van der Waals surface area (Å²) in [5, 5.41) is 0. The number of rotatable bonds is 8. The first-order valence-electron chi connectivity index (χ1n) is 12.0. The van der Waals surface area contributed by atoms with Gasteiger partial charge in [0, 0.05) is 44.3 Å². The molecular weight excluding hydrogens is 408 g/mol. The average Bonchev–Trinajstić information content (AvgIpc) is 2.83. The summed E-state index contributed by atoms with van der Waals surface area (Å²) in [6, 6.07) is 23.4.